The minimum Gasteiger partial charge on any atom is -0.369 e. The molecule has 0 unspecified atom stereocenters. The summed E-state index contributed by atoms with van der Waals surface area (Å²) in [6.07, 6.45) is 0.0603. The molecule has 0 saturated carbocycles. The Morgan fingerprint density at radius 1 is 1.00 bits per heavy atom. The average Bonchev–Trinajstić information content (AvgIpc) is 2.76. The van der Waals surface area contributed by atoms with Gasteiger partial charge in [0.25, 0.3) is 0 Å². The van der Waals surface area contributed by atoms with E-state index in [0.717, 1.165) is 44.0 Å². The van der Waals surface area contributed by atoms with Crippen LogP contribution in [0.3, 0.4) is 0 Å². The van der Waals surface area contributed by atoms with Crippen molar-refractivity contribution in [2.24, 2.45) is 0 Å². The van der Waals surface area contributed by atoms with Gasteiger partial charge in [-0.3, -0.25) is 4.79 Å². The first kappa shape index (κ1) is 23.2. The maximum absolute atomic E-state index is 12.5. The van der Waals surface area contributed by atoms with Crippen molar-refractivity contribution in [3.8, 4) is 0 Å². The van der Waals surface area contributed by atoms with Crippen molar-refractivity contribution in [1.29, 1.82) is 0 Å². The molecular weight excluding hydrogens is 412 g/mol. The fourth-order valence-electron chi connectivity index (χ4n) is 3.67. The van der Waals surface area contributed by atoms with Crippen molar-refractivity contribution in [1.82, 2.24) is 9.62 Å². The second-order valence-corrected chi connectivity index (χ2v) is 9.67. The Morgan fingerprint density at radius 2 is 1.68 bits per heavy atom. The van der Waals surface area contributed by atoms with Crippen LogP contribution >= 0.6 is 0 Å². The Balaban J connectivity index is 1.48. The summed E-state index contributed by atoms with van der Waals surface area (Å²) >= 11 is 0. The van der Waals surface area contributed by atoms with Gasteiger partial charge >= 0.3 is 0 Å². The third-order valence-corrected chi connectivity index (χ3v) is 7.22. The van der Waals surface area contributed by atoms with Crippen LogP contribution in [0.2, 0.25) is 0 Å². The van der Waals surface area contributed by atoms with Gasteiger partial charge in [0.1, 0.15) is 0 Å². The quantitative estimate of drug-likeness (QED) is 0.654. The number of benzene rings is 2. The lowest BCUT2D eigenvalue weighted by molar-refractivity contribution is -0.116. The molecule has 0 aromatic heterocycles. The highest BCUT2D eigenvalue weighted by Crippen LogP contribution is 2.20. The summed E-state index contributed by atoms with van der Waals surface area (Å²) in [6, 6.07) is 13.1. The van der Waals surface area contributed by atoms with Crippen LogP contribution in [-0.2, 0) is 14.8 Å². The first-order valence-electron chi connectivity index (χ1n) is 10.7. The van der Waals surface area contributed by atoms with Crippen LogP contribution in [0, 0.1) is 13.8 Å². The van der Waals surface area contributed by atoms with Gasteiger partial charge in [0.2, 0.25) is 15.9 Å². The van der Waals surface area contributed by atoms with Crippen LogP contribution in [0.15, 0.2) is 47.4 Å². The number of rotatable bonds is 8. The summed E-state index contributed by atoms with van der Waals surface area (Å²) < 4.78 is 27.6. The summed E-state index contributed by atoms with van der Waals surface area (Å²) in [5.41, 5.74) is 3.41. The van der Waals surface area contributed by atoms with Crippen LogP contribution in [0.25, 0.3) is 0 Å². The number of carbonyl (C=O) groups is 1. The van der Waals surface area contributed by atoms with Gasteiger partial charge in [-0.25, -0.2) is 13.1 Å². The lowest BCUT2D eigenvalue weighted by Gasteiger charge is -2.35. The second kappa shape index (κ2) is 10.3. The van der Waals surface area contributed by atoms with Gasteiger partial charge in [0, 0.05) is 50.5 Å². The smallest absolute Gasteiger partial charge is 0.240 e. The summed E-state index contributed by atoms with van der Waals surface area (Å²) in [5.74, 6) is -0.229. The SMILES string of the molecule is CCN1CCN(c2ccc(NC(=O)CCNS(=O)(=O)c3cc(C)ccc3C)cc2)CC1. The number of nitrogens with zero attached hydrogens (tertiary/aromatic N) is 2. The fraction of sp³-hybridized carbons (Fsp3) is 0.435. The molecule has 8 heteroatoms. The molecule has 1 saturated heterocycles. The maximum Gasteiger partial charge on any atom is 0.240 e. The number of amides is 1. The van der Waals surface area contributed by atoms with E-state index in [1.54, 1.807) is 19.1 Å². The Morgan fingerprint density at radius 3 is 2.32 bits per heavy atom. The van der Waals surface area contributed by atoms with E-state index < -0.39 is 10.0 Å². The van der Waals surface area contributed by atoms with E-state index in [1.165, 1.54) is 0 Å². The van der Waals surface area contributed by atoms with Crippen molar-refractivity contribution in [2.75, 3.05) is 49.5 Å². The molecule has 2 aromatic rings. The highest BCUT2D eigenvalue weighted by molar-refractivity contribution is 7.89. The van der Waals surface area contributed by atoms with E-state index in [1.807, 2.05) is 37.3 Å². The molecule has 0 spiro atoms. The first-order chi connectivity index (χ1) is 14.8. The first-order valence-corrected chi connectivity index (χ1v) is 12.2. The highest BCUT2D eigenvalue weighted by Gasteiger charge is 2.18. The van der Waals surface area contributed by atoms with Gasteiger partial charge in [0.15, 0.2) is 0 Å². The van der Waals surface area contributed by atoms with Crippen molar-refractivity contribution in [3.63, 3.8) is 0 Å². The number of aryl methyl sites for hydroxylation is 2. The topological polar surface area (TPSA) is 81.8 Å². The molecule has 0 bridgehead atoms. The number of nitrogens with one attached hydrogen (secondary N) is 2. The van der Waals surface area contributed by atoms with Gasteiger partial charge in [-0.1, -0.05) is 19.1 Å². The zero-order chi connectivity index (χ0) is 22.4. The second-order valence-electron chi connectivity index (χ2n) is 7.93. The molecule has 1 heterocycles. The lowest BCUT2D eigenvalue weighted by Crippen LogP contribution is -2.46. The number of anilines is 2. The van der Waals surface area contributed by atoms with Crippen LogP contribution < -0.4 is 14.9 Å². The zero-order valence-corrected chi connectivity index (χ0v) is 19.3. The van der Waals surface area contributed by atoms with Crippen LogP contribution in [0.4, 0.5) is 11.4 Å². The van der Waals surface area contributed by atoms with Crippen molar-refractivity contribution < 1.29 is 13.2 Å². The number of likely N-dealkylation sites (N-methyl/N-ethyl adjacent to an activating group) is 1. The minimum atomic E-state index is -3.64. The molecule has 168 valence electrons. The standard InChI is InChI=1S/C23H32N4O3S/c1-4-26-13-15-27(16-14-26)21-9-7-20(8-10-21)25-23(28)11-12-24-31(29,30)22-17-18(2)5-6-19(22)3/h5-10,17,24H,4,11-16H2,1-3H3,(H,25,28). The third kappa shape index (κ3) is 6.29. The molecule has 0 radical (unpaired) electrons. The normalized spacial score (nSPS) is 15.1. The van der Waals surface area contributed by atoms with Crippen LogP contribution in [0.5, 0.6) is 0 Å². The molecule has 0 atom stereocenters. The maximum atomic E-state index is 12.5. The number of piperazine rings is 1. The van der Waals surface area contributed by atoms with Crippen LogP contribution in [-0.4, -0.2) is 58.5 Å². The molecule has 7 nitrogen and oxygen atoms in total. The fourth-order valence-corrected chi connectivity index (χ4v) is 5.03. The Labute approximate surface area is 185 Å². The monoisotopic (exact) mass is 444 g/mol. The number of carbonyl (C=O) groups excluding carboxylic acids is 1. The largest absolute Gasteiger partial charge is 0.369 e. The summed E-state index contributed by atoms with van der Waals surface area (Å²) in [5, 5.41) is 2.83. The van der Waals surface area contributed by atoms with E-state index in [2.05, 4.69) is 26.8 Å². The third-order valence-electron chi connectivity index (χ3n) is 5.61. The molecule has 3 rings (SSSR count). The predicted molar refractivity (Wildman–Crippen MR) is 125 cm³/mol. The Hall–Kier alpha value is -2.42. The molecular formula is C23H32N4O3S. The van der Waals surface area contributed by atoms with Gasteiger partial charge in [-0.05, 0) is 61.9 Å². The van der Waals surface area contributed by atoms with E-state index >= 15 is 0 Å². The van der Waals surface area contributed by atoms with Gasteiger partial charge < -0.3 is 15.1 Å². The molecule has 1 aliphatic rings. The highest BCUT2D eigenvalue weighted by atomic mass is 32.2. The lowest BCUT2D eigenvalue weighted by atomic mass is 10.2. The number of hydrogen-bond donors (Lipinski definition) is 2. The minimum absolute atomic E-state index is 0.0430. The summed E-state index contributed by atoms with van der Waals surface area (Å²) in [4.78, 5) is 17.3. The molecule has 1 fully saturated rings. The van der Waals surface area contributed by atoms with E-state index in [4.69, 9.17) is 0 Å². The van der Waals surface area contributed by atoms with Crippen molar-refractivity contribution in [3.05, 3.63) is 53.6 Å². The molecule has 31 heavy (non-hydrogen) atoms. The van der Waals surface area contributed by atoms with Crippen molar-refractivity contribution >= 4 is 27.3 Å². The predicted octanol–water partition coefficient (Wildman–Crippen LogP) is 2.75. The van der Waals surface area contributed by atoms with Crippen LogP contribution in [0.1, 0.15) is 24.5 Å². The van der Waals surface area contributed by atoms with Crippen molar-refractivity contribution in [2.45, 2.75) is 32.1 Å². The summed E-state index contributed by atoms with van der Waals surface area (Å²) in [7, 11) is -3.64. The molecule has 2 aromatic carbocycles. The van der Waals surface area contributed by atoms with Gasteiger partial charge in [0.05, 0.1) is 4.90 Å². The van der Waals surface area contributed by atoms with E-state index in [0.29, 0.717) is 11.3 Å². The zero-order valence-electron chi connectivity index (χ0n) is 18.5. The molecule has 2 N–H and O–H groups in total. The molecule has 1 aliphatic heterocycles. The van der Waals surface area contributed by atoms with E-state index in [9.17, 15) is 13.2 Å². The molecule has 1 amide bonds. The van der Waals surface area contributed by atoms with E-state index in [-0.39, 0.29) is 23.8 Å². The average molecular weight is 445 g/mol. The summed E-state index contributed by atoms with van der Waals surface area (Å²) in [6.45, 7) is 11.0. The Bertz CT molecular complexity index is 998. The Kier molecular flexibility index (Phi) is 7.69. The van der Waals surface area contributed by atoms with Gasteiger partial charge in [-0.15, -0.1) is 0 Å². The molecule has 0 aliphatic carbocycles. The van der Waals surface area contributed by atoms with Gasteiger partial charge in [-0.2, -0.15) is 0 Å². The number of hydrogen-bond acceptors (Lipinski definition) is 5. The number of sulfonamides is 1.